The molecule has 0 unspecified atom stereocenters. The zero-order valence-corrected chi connectivity index (χ0v) is 29.7. The van der Waals surface area contributed by atoms with Crippen molar-refractivity contribution in [3.63, 3.8) is 0 Å². The third-order valence-corrected chi connectivity index (χ3v) is 10.2. The van der Waals surface area contributed by atoms with Crippen LogP contribution in [0.2, 0.25) is 0 Å². The Labute approximate surface area is 334 Å². The second-order valence-corrected chi connectivity index (χ2v) is 13.5. The predicted molar refractivity (Wildman–Crippen MR) is 230 cm³/mol. The van der Waals surface area contributed by atoms with Gasteiger partial charge in [-0.1, -0.05) is 145 Å². The average molecular weight is 724 g/mol. The zero-order valence-electron chi connectivity index (χ0n) is 37.7. The number of para-hydroxylation sites is 5. The Kier molecular flexibility index (Phi) is 5.74. The van der Waals surface area contributed by atoms with E-state index in [0.717, 1.165) is 44.2 Å². The van der Waals surface area contributed by atoms with Crippen LogP contribution in [-0.4, -0.2) is 24.1 Å². The van der Waals surface area contributed by atoms with E-state index in [1.807, 2.05) is 115 Å². The maximum Gasteiger partial charge on any atom is 0.166 e. The van der Waals surface area contributed by atoms with E-state index in [-0.39, 0.29) is 33.9 Å². The number of nitrogens with zero attached hydrogens (tertiary/aromatic N) is 5. The Morgan fingerprint density at radius 3 is 1.62 bits per heavy atom. The van der Waals surface area contributed by atoms with Crippen LogP contribution in [0, 0.1) is 0 Å². The fraction of sp³-hybridized carbons (Fsp3) is 0. The van der Waals surface area contributed by atoms with Gasteiger partial charge in [-0.05, 0) is 65.7 Å². The van der Waals surface area contributed by atoms with Gasteiger partial charge in [0.2, 0.25) is 0 Å². The maximum absolute atomic E-state index is 9.20. The summed E-state index contributed by atoms with van der Waals surface area (Å²) in [6.07, 6.45) is 0. The molecule has 0 aliphatic carbocycles. The normalized spacial score (nSPS) is 13.6. The highest BCUT2D eigenvalue weighted by Crippen LogP contribution is 2.39. The van der Waals surface area contributed by atoms with E-state index in [1.165, 1.54) is 4.57 Å². The van der Waals surface area contributed by atoms with Crippen LogP contribution in [0.25, 0.3) is 100 Å². The van der Waals surface area contributed by atoms with Crippen molar-refractivity contribution < 1.29 is 11.0 Å². The standard InChI is InChI=1S/C51H33N5/c1-4-17-34(18-5-1)36-31-37(33-39(32-36)55-45-28-13-10-23-40(45)41-24-11-14-29-46(41)55)50-52-49(35-19-6-2-7-20-35)53-51(54-50)44-27-16-26-43-42-25-12-15-30-47(42)56(48(43)44)38-21-8-3-9-22-38/h1-33H/i10D,11D,13D,14D,23D,24D,28D,29D. The predicted octanol–water partition coefficient (Wildman–Crippen LogP) is 12.7. The van der Waals surface area contributed by atoms with Crippen LogP contribution in [0.3, 0.4) is 0 Å². The van der Waals surface area contributed by atoms with Gasteiger partial charge in [-0.15, -0.1) is 0 Å². The van der Waals surface area contributed by atoms with E-state index >= 15 is 0 Å². The summed E-state index contributed by atoms with van der Waals surface area (Å²) in [4.78, 5) is 15.5. The summed E-state index contributed by atoms with van der Waals surface area (Å²) >= 11 is 0. The van der Waals surface area contributed by atoms with Gasteiger partial charge in [-0.25, -0.2) is 15.0 Å². The fourth-order valence-corrected chi connectivity index (χ4v) is 7.73. The summed E-state index contributed by atoms with van der Waals surface area (Å²) in [6.45, 7) is 0. The van der Waals surface area contributed by atoms with Crippen molar-refractivity contribution in [2.45, 2.75) is 0 Å². The fourth-order valence-electron chi connectivity index (χ4n) is 7.73. The molecule has 5 nitrogen and oxygen atoms in total. The summed E-state index contributed by atoms with van der Waals surface area (Å²) < 4.78 is 74.8. The smallest absolute Gasteiger partial charge is 0.166 e. The van der Waals surface area contributed by atoms with Crippen molar-refractivity contribution in [2.24, 2.45) is 0 Å². The lowest BCUT2D eigenvalue weighted by Gasteiger charge is -2.15. The van der Waals surface area contributed by atoms with E-state index in [0.29, 0.717) is 34.3 Å². The number of hydrogen-bond donors (Lipinski definition) is 0. The first-order valence-corrected chi connectivity index (χ1v) is 18.2. The molecule has 8 aromatic carbocycles. The van der Waals surface area contributed by atoms with Crippen LogP contribution in [0.4, 0.5) is 0 Å². The molecule has 0 N–H and O–H groups in total. The van der Waals surface area contributed by atoms with Crippen LogP contribution >= 0.6 is 0 Å². The Morgan fingerprint density at radius 1 is 0.357 bits per heavy atom. The van der Waals surface area contributed by atoms with Crippen molar-refractivity contribution in [2.75, 3.05) is 0 Å². The monoisotopic (exact) mass is 723 g/mol. The molecule has 11 rings (SSSR count). The summed E-state index contributed by atoms with van der Waals surface area (Å²) in [5, 5.41) is 2.09. The maximum atomic E-state index is 9.20. The quantitative estimate of drug-likeness (QED) is 0.172. The minimum atomic E-state index is -0.504. The van der Waals surface area contributed by atoms with Gasteiger partial charge in [-0.3, -0.25) is 0 Å². The molecule has 0 fully saturated rings. The summed E-state index contributed by atoms with van der Waals surface area (Å²) in [6, 6.07) is 45.9. The van der Waals surface area contributed by atoms with E-state index in [9.17, 15) is 2.74 Å². The van der Waals surface area contributed by atoms with Gasteiger partial charge in [0.15, 0.2) is 17.5 Å². The Bertz CT molecular complexity index is 3630. The third-order valence-electron chi connectivity index (χ3n) is 10.2. The molecule has 5 heteroatoms. The van der Waals surface area contributed by atoms with Crippen LogP contribution in [0.1, 0.15) is 11.0 Å². The van der Waals surface area contributed by atoms with Crippen molar-refractivity contribution in [3.05, 3.63) is 200 Å². The molecule has 3 heterocycles. The molecule has 0 bridgehead atoms. The van der Waals surface area contributed by atoms with Crippen LogP contribution in [-0.2, 0) is 0 Å². The second-order valence-electron chi connectivity index (χ2n) is 13.5. The van der Waals surface area contributed by atoms with Crippen LogP contribution in [0.5, 0.6) is 0 Å². The third kappa shape index (κ3) is 5.21. The number of hydrogen-bond acceptors (Lipinski definition) is 3. The molecule has 0 amide bonds. The first kappa shape index (κ1) is 24.6. The number of aromatic nitrogens is 5. The molecular weight excluding hydrogens is 683 g/mol. The van der Waals surface area contributed by atoms with E-state index < -0.39 is 36.3 Å². The topological polar surface area (TPSA) is 48.5 Å². The Balaban J connectivity index is 1.25. The molecule has 3 aromatic heterocycles. The summed E-state index contributed by atoms with van der Waals surface area (Å²) in [7, 11) is 0. The number of rotatable bonds is 6. The van der Waals surface area contributed by atoms with Crippen molar-refractivity contribution in [1.29, 1.82) is 0 Å². The highest BCUT2D eigenvalue weighted by atomic mass is 15.1. The molecule has 0 saturated carbocycles. The first-order chi connectivity index (χ1) is 31.1. The van der Waals surface area contributed by atoms with Crippen LogP contribution < -0.4 is 0 Å². The minimum absolute atomic E-state index is 0.00428. The van der Waals surface area contributed by atoms with Gasteiger partial charge >= 0.3 is 0 Å². The van der Waals surface area contributed by atoms with E-state index in [4.69, 9.17) is 23.2 Å². The van der Waals surface area contributed by atoms with Crippen molar-refractivity contribution in [3.8, 4) is 56.7 Å². The molecular formula is C51H33N5. The van der Waals surface area contributed by atoms with Gasteiger partial charge < -0.3 is 9.13 Å². The molecule has 11 aromatic rings. The van der Waals surface area contributed by atoms with E-state index in [1.54, 1.807) is 6.07 Å². The Morgan fingerprint density at radius 2 is 0.911 bits per heavy atom. The summed E-state index contributed by atoms with van der Waals surface area (Å²) in [5.41, 5.74) is 6.92. The lowest BCUT2D eigenvalue weighted by Crippen LogP contribution is -2.03. The number of fused-ring (bicyclic) bond motifs is 6. The molecule has 0 aliphatic rings. The second kappa shape index (κ2) is 13.0. The molecule has 0 radical (unpaired) electrons. The van der Waals surface area contributed by atoms with Gasteiger partial charge in [0.25, 0.3) is 0 Å². The summed E-state index contributed by atoms with van der Waals surface area (Å²) in [5.74, 6) is 1.15. The SMILES string of the molecule is [2H]c1c([2H])c([2H])c2c(c1[2H])c1c([2H])c([2H])c([2H])c([2H])c1n2-c1cc(-c2ccccc2)cc(-c2nc(-c3ccccc3)nc(-c3cccc4c5ccccc5n(-c5ccccc5)c34)n2)c1. The molecule has 0 aliphatic heterocycles. The number of benzene rings is 8. The molecule has 0 saturated heterocycles. The van der Waals surface area contributed by atoms with Gasteiger partial charge in [-0.2, -0.15) is 0 Å². The van der Waals surface area contributed by atoms with Gasteiger partial charge in [0.1, 0.15) is 0 Å². The highest BCUT2D eigenvalue weighted by molar-refractivity contribution is 6.13. The molecule has 0 spiro atoms. The Hall–Kier alpha value is -7.63. The largest absolute Gasteiger partial charge is 0.309 e. The lowest BCUT2D eigenvalue weighted by molar-refractivity contribution is 1.07. The van der Waals surface area contributed by atoms with E-state index in [2.05, 4.69) is 34.9 Å². The highest BCUT2D eigenvalue weighted by Gasteiger charge is 2.21. The van der Waals surface area contributed by atoms with Gasteiger partial charge in [0, 0.05) is 49.6 Å². The minimum Gasteiger partial charge on any atom is -0.309 e. The molecule has 0 atom stereocenters. The molecule has 262 valence electrons. The lowest BCUT2D eigenvalue weighted by atomic mass is 10.0. The van der Waals surface area contributed by atoms with Gasteiger partial charge in [0.05, 0.1) is 33.0 Å². The average Bonchev–Trinajstić information content (AvgIpc) is 3.89. The van der Waals surface area contributed by atoms with Crippen molar-refractivity contribution >= 4 is 43.6 Å². The van der Waals surface area contributed by atoms with Crippen LogP contribution in [0.15, 0.2) is 200 Å². The molecule has 56 heavy (non-hydrogen) atoms. The zero-order chi connectivity index (χ0) is 44.0. The van der Waals surface area contributed by atoms with Crippen molar-refractivity contribution in [1.82, 2.24) is 24.1 Å². The first-order valence-electron chi connectivity index (χ1n) is 22.2.